The molecular weight excluding hydrogens is 250 g/mol. The highest BCUT2D eigenvalue weighted by Crippen LogP contribution is 2.45. The van der Waals surface area contributed by atoms with Crippen LogP contribution in [0.2, 0.25) is 0 Å². The van der Waals surface area contributed by atoms with Gasteiger partial charge < -0.3 is 5.11 Å². The third-order valence-corrected chi connectivity index (χ3v) is 4.02. The molecule has 0 aromatic heterocycles. The lowest BCUT2D eigenvalue weighted by atomic mass is 9.64. The molecule has 0 amide bonds. The van der Waals surface area contributed by atoms with E-state index in [1.165, 1.54) is 18.2 Å². The van der Waals surface area contributed by atoms with E-state index in [0.29, 0.717) is 24.8 Å². The zero-order valence-corrected chi connectivity index (χ0v) is 11.0. The minimum absolute atomic E-state index is 0.0700. The first kappa shape index (κ1) is 14.0. The second kappa shape index (κ2) is 4.91. The van der Waals surface area contributed by atoms with Crippen molar-refractivity contribution in [2.75, 3.05) is 0 Å². The molecule has 1 N–H and O–H groups in total. The maximum Gasteiger partial charge on any atom is 0.314 e. The lowest BCUT2D eigenvalue weighted by molar-refractivity contribution is -0.147. The van der Waals surface area contributed by atoms with Crippen molar-refractivity contribution in [1.29, 1.82) is 0 Å². The summed E-state index contributed by atoms with van der Waals surface area (Å²) >= 11 is 0. The Hall–Kier alpha value is -1.45. The number of aliphatic carboxylic acids is 1. The third kappa shape index (κ3) is 2.36. The first-order valence-electron chi connectivity index (χ1n) is 6.64. The number of carbonyl (C=O) groups is 1. The summed E-state index contributed by atoms with van der Waals surface area (Å²) in [7, 11) is 0. The summed E-state index contributed by atoms with van der Waals surface area (Å²) in [4.78, 5) is 11.4. The van der Waals surface area contributed by atoms with Gasteiger partial charge in [0.05, 0.1) is 5.41 Å². The van der Waals surface area contributed by atoms with Crippen LogP contribution in [0, 0.1) is 0 Å². The summed E-state index contributed by atoms with van der Waals surface area (Å²) in [5, 5.41) is 9.35. The number of carboxylic acid groups (broad SMARTS) is 1. The summed E-state index contributed by atoms with van der Waals surface area (Å²) in [6, 6.07) is 5.95. The van der Waals surface area contributed by atoms with Crippen LogP contribution in [-0.2, 0) is 16.1 Å². The Bertz CT molecular complexity index is 479. The van der Waals surface area contributed by atoms with E-state index in [-0.39, 0.29) is 12.0 Å². The van der Waals surface area contributed by atoms with Crippen molar-refractivity contribution in [1.82, 2.24) is 0 Å². The minimum atomic E-state index is -2.88. The molecule has 1 aliphatic rings. The molecule has 0 atom stereocenters. The number of alkyl halides is 2. The second-order valence-corrected chi connectivity index (χ2v) is 5.28. The van der Waals surface area contributed by atoms with Gasteiger partial charge in [-0.1, -0.05) is 38.0 Å². The van der Waals surface area contributed by atoms with Crippen LogP contribution >= 0.6 is 0 Å². The molecule has 0 radical (unpaired) electrons. The second-order valence-electron chi connectivity index (χ2n) is 5.28. The fourth-order valence-electron chi connectivity index (χ4n) is 2.66. The van der Waals surface area contributed by atoms with Gasteiger partial charge in [-0.25, -0.2) is 8.78 Å². The number of halogens is 2. The van der Waals surface area contributed by atoms with E-state index >= 15 is 0 Å². The molecule has 0 heterocycles. The lowest BCUT2D eigenvalue weighted by Crippen LogP contribution is -2.42. The summed E-state index contributed by atoms with van der Waals surface area (Å²) in [6.07, 6.45) is 2.08. The standard InChI is InChI=1S/C15H18F2O2/c1-2-7-15(16,17)12-6-3-5-11(10-12)14(13(18)19)8-4-9-14/h3,5-6,10H,2,4,7-9H2,1H3,(H,18,19). The molecule has 1 fully saturated rings. The number of hydrogen-bond acceptors (Lipinski definition) is 1. The maximum absolute atomic E-state index is 13.9. The first-order valence-corrected chi connectivity index (χ1v) is 6.64. The minimum Gasteiger partial charge on any atom is -0.481 e. The zero-order chi connectivity index (χ0) is 14.1. The molecule has 0 aliphatic heterocycles. The smallest absolute Gasteiger partial charge is 0.314 e. The van der Waals surface area contributed by atoms with E-state index in [1.807, 2.05) is 0 Å². The topological polar surface area (TPSA) is 37.3 Å². The molecule has 1 aromatic carbocycles. The van der Waals surface area contributed by atoms with E-state index in [4.69, 9.17) is 0 Å². The average molecular weight is 268 g/mol. The molecule has 4 heteroatoms. The molecule has 19 heavy (non-hydrogen) atoms. The molecule has 0 spiro atoms. The maximum atomic E-state index is 13.9. The Balaban J connectivity index is 2.37. The Morgan fingerprint density at radius 2 is 2.11 bits per heavy atom. The van der Waals surface area contributed by atoms with E-state index in [9.17, 15) is 18.7 Å². The Morgan fingerprint density at radius 1 is 1.42 bits per heavy atom. The van der Waals surface area contributed by atoms with Gasteiger partial charge in [0, 0.05) is 12.0 Å². The van der Waals surface area contributed by atoms with Gasteiger partial charge in [-0.15, -0.1) is 0 Å². The molecule has 2 nitrogen and oxygen atoms in total. The van der Waals surface area contributed by atoms with Gasteiger partial charge in [-0.3, -0.25) is 4.79 Å². The van der Waals surface area contributed by atoms with Crippen LogP contribution in [0.15, 0.2) is 24.3 Å². The Kier molecular flexibility index (Phi) is 3.61. The molecule has 2 rings (SSSR count). The Labute approximate surface area is 111 Å². The summed E-state index contributed by atoms with van der Waals surface area (Å²) in [5.74, 6) is -3.79. The molecule has 1 aliphatic carbocycles. The fourth-order valence-corrected chi connectivity index (χ4v) is 2.66. The number of rotatable bonds is 5. The molecule has 1 saturated carbocycles. The van der Waals surface area contributed by atoms with E-state index in [2.05, 4.69) is 0 Å². The quantitative estimate of drug-likeness (QED) is 0.873. The Morgan fingerprint density at radius 3 is 2.58 bits per heavy atom. The largest absolute Gasteiger partial charge is 0.481 e. The highest BCUT2D eigenvalue weighted by molar-refractivity contribution is 5.82. The van der Waals surface area contributed by atoms with Crippen LogP contribution in [0.5, 0.6) is 0 Å². The molecule has 0 unspecified atom stereocenters. The average Bonchev–Trinajstić information content (AvgIpc) is 2.27. The van der Waals surface area contributed by atoms with E-state index in [0.717, 1.165) is 6.42 Å². The van der Waals surface area contributed by atoms with Gasteiger partial charge in [0.25, 0.3) is 5.92 Å². The van der Waals surface area contributed by atoms with Gasteiger partial charge in [0.1, 0.15) is 0 Å². The van der Waals surface area contributed by atoms with Gasteiger partial charge >= 0.3 is 5.97 Å². The highest BCUT2D eigenvalue weighted by atomic mass is 19.3. The predicted octanol–water partition coefficient (Wildman–Crippen LogP) is 4.08. The first-order chi connectivity index (χ1) is 8.92. The van der Waals surface area contributed by atoms with Crippen molar-refractivity contribution in [3.8, 4) is 0 Å². The van der Waals surface area contributed by atoms with Crippen LogP contribution < -0.4 is 0 Å². The van der Waals surface area contributed by atoms with Crippen LogP contribution in [0.25, 0.3) is 0 Å². The molecule has 0 bridgehead atoms. The number of benzene rings is 1. The number of hydrogen-bond donors (Lipinski definition) is 1. The normalized spacial score (nSPS) is 17.8. The highest BCUT2D eigenvalue weighted by Gasteiger charge is 2.46. The van der Waals surface area contributed by atoms with Crippen molar-refractivity contribution >= 4 is 5.97 Å². The van der Waals surface area contributed by atoms with E-state index < -0.39 is 17.3 Å². The SMILES string of the molecule is CCCC(F)(F)c1cccc(C2(C(=O)O)CCC2)c1. The van der Waals surface area contributed by atoms with Crippen molar-refractivity contribution in [3.05, 3.63) is 35.4 Å². The van der Waals surface area contributed by atoms with Gasteiger partial charge in [0.15, 0.2) is 0 Å². The van der Waals surface area contributed by atoms with Crippen LogP contribution in [0.1, 0.15) is 50.2 Å². The lowest BCUT2D eigenvalue weighted by Gasteiger charge is -2.38. The summed E-state index contributed by atoms with van der Waals surface area (Å²) in [6.45, 7) is 1.71. The fraction of sp³-hybridized carbons (Fsp3) is 0.533. The van der Waals surface area contributed by atoms with Gasteiger partial charge in [-0.05, 0) is 24.5 Å². The molecular formula is C15H18F2O2. The predicted molar refractivity (Wildman–Crippen MR) is 68.4 cm³/mol. The molecule has 1 aromatic rings. The molecule has 104 valence electrons. The summed E-state index contributed by atoms with van der Waals surface area (Å²) in [5.41, 5.74) is -0.503. The van der Waals surface area contributed by atoms with Crippen molar-refractivity contribution in [2.24, 2.45) is 0 Å². The van der Waals surface area contributed by atoms with Gasteiger partial charge in [0.2, 0.25) is 0 Å². The van der Waals surface area contributed by atoms with Gasteiger partial charge in [-0.2, -0.15) is 0 Å². The third-order valence-electron chi connectivity index (χ3n) is 4.02. The van der Waals surface area contributed by atoms with Crippen LogP contribution in [-0.4, -0.2) is 11.1 Å². The van der Waals surface area contributed by atoms with E-state index in [1.54, 1.807) is 13.0 Å². The summed E-state index contributed by atoms with van der Waals surface area (Å²) < 4.78 is 27.8. The number of carboxylic acids is 1. The van der Waals surface area contributed by atoms with Crippen LogP contribution in [0.3, 0.4) is 0 Å². The molecule has 0 saturated heterocycles. The van der Waals surface area contributed by atoms with Crippen molar-refractivity contribution in [3.63, 3.8) is 0 Å². The van der Waals surface area contributed by atoms with Crippen molar-refractivity contribution < 1.29 is 18.7 Å². The zero-order valence-electron chi connectivity index (χ0n) is 11.0. The van der Waals surface area contributed by atoms with Crippen LogP contribution in [0.4, 0.5) is 8.78 Å². The van der Waals surface area contributed by atoms with Crippen molar-refractivity contribution in [2.45, 2.75) is 50.4 Å². The monoisotopic (exact) mass is 268 g/mol.